The van der Waals surface area contributed by atoms with E-state index in [0.29, 0.717) is 43.0 Å². The first kappa shape index (κ1) is 20.1. The van der Waals surface area contributed by atoms with Crippen LogP contribution in [0.2, 0.25) is 0 Å². The summed E-state index contributed by atoms with van der Waals surface area (Å²) in [4.78, 5) is 30.5. The maximum atomic E-state index is 14.1. The number of halogens is 1. The Morgan fingerprint density at radius 3 is 2.69 bits per heavy atom. The Morgan fingerprint density at radius 2 is 1.94 bits per heavy atom. The summed E-state index contributed by atoms with van der Waals surface area (Å²) in [6.45, 7) is 4.14. The molecule has 2 aliphatic heterocycles. The van der Waals surface area contributed by atoms with Gasteiger partial charge >= 0.3 is 6.03 Å². The highest BCUT2D eigenvalue weighted by Gasteiger charge is 2.43. The van der Waals surface area contributed by atoms with Crippen molar-refractivity contribution in [1.82, 2.24) is 20.8 Å². The van der Waals surface area contributed by atoms with Crippen molar-refractivity contribution in [2.45, 2.75) is 12.5 Å². The molecule has 1 atom stereocenters. The lowest BCUT2D eigenvalue weighted by Crippen LogP contribution is -2.40. The number of aromatic nitrogens is 2. The van der Waals surface area contributed by atoms with Crippen molar-refractivity contribution < 1.29 is 23.2 Å². The molecule has 3 aromatic rings. The number of hydrogen-bond donors (Lipinski definition) is 2. The normalized spacial score (nSPS) is 20.9. The van der Waals surface area contributed by atoms with E-state index in [1.54, 1.807) is 37.3 Å². The smallest absolute Gasteiger partial charge is 0.322 e. The van der Waals surface area contributed by atoms with Crippen LogP contribution in [0.1, 0.15) is 12.5 Å². The highest BCUT2D eigenvalue weighted by molar-refractivity contribution is 6.07. The van der Waals surface area contributed by atoms with Crippen LogP contribution in [0.15, 0.2) is 47.0 Å². The number of benzene rings is 2. The summed E-state index contributed by atoms with van der Waals surface area (Å²) < 4.78 is 25.0. The van der Waals surface area contributed by atoms with E-state index >= 15 is 0 Å². The maximum Gasteiger partial charge on any atom is 0.322 e. The summed E-state index contributed by atoms with van der Waals surface area (Å²) in [7, 11) is 0. The van der Waals surface area contributed by atoms with Gasteiger partial charge in [0.25, 0.3) is 11.8 Å². The number of hydrogen-bond acceptors (Lipinski definition) is 7. The Balaban J connectivity index is 1.50. The zero-order valence-corrected chi connectivity index (χ0v) is 17.2. The minimum absolute atomic E-state index is 0.185. The summed E-state index contributed by atoms with van der Waals surface area (Å²) in [5.41, 5.74) is 1.25. The van der Waals surface area contributed by atoms with Crippen molar-refractivity contribution in [2.75, 3.05) is 31.2 Å². The van der Waals surface area contributed by atoms with E-state index < -0.39 is 23.3 Å². The quantitative estimate of drug-likeness (QED) is 0.604. The number of imide groups is 1. The fourth-order valence-electron chi connectivity index (χ4n) is 3.93. The molecular weight excluding hydrogens is 417 g/mol. The standard InChI is InChI=1S/C22H20FN5O4/c1-22(20(29)25-21(30)26-22)14-4-2-3-13(11-14)18-24-19(32-27-18)16-12-15(23)5-6-17(16)28-7-9-31-10-8-28/h2-6,11-12H,7-10H2,1H3,(H2,25,26,29,30). The Kier molecular flexibility index (Phi) is 4.86. The molecule has 1 unspecified atom stereocenters. The van der Waals surface area contributed by atoms with Crippen molar-refractivity contribution >= 4 is 17.6 Å². The average Bonchev–Trinajstić information content (AvgIpc) is 3.39. The van der Waals surface area contributed by atoms with E-state index in [1.165, 1.54) is 12.1 Å². The second-order valence-electron chi connectivity index (χ2n) is 7.80. The number of carbonyl (C=O) groups excluding carboxylic acids is 2. The predicted molar refractivity (Wildman–Crippen MR) is 112 cm³/mol. The molecule has 0 saturated carbocycles. The molecule has 10 heteroatoms. The molecular formula is C22H20FN5O4. The van der Waals surface area contributed by atoms with Crippen LogP contribution in [0, 0.1) is 5.82 Å². The number of nitrogens with one attached hydrogen (secondary N) is 2. The summed E-state index contributed by atoms with van der Waals surface area (Å²) in [5, 5.41) is 8.94. The van der Waals surface area contributed by atoms with Gasteiger partial charge in [0, 0.05) is 24.3 Å². The molecule has 3 amide bonds. The minimum Gasteiger partial charge on any atom is -0.378 e. The van der Waals surface area contributed by atoms with Crippen LogP contribution in [0.4, 0.5) is 14.9 Å². The van der Waals surface area contributed by atoms with Crippen molar-refractivity contribution in [3.63, 3.8) is 0 Å². The Morgan fingerprint density at radius 1 is 1.12 bits per heavy atom. The highest BCUT2D eigenvalue weighted by atomic mass is 19.1. The van der Waals surface area contributed by atoms with Crippen LogP contribution in [-0.4, -0.2) is 48.4 Å². The first-order valence-electron chi connectivity index (χ1n) is 10.1. The molecule has 0 radical (unpaired) electrons. The van der Waals surface area contributed by atoms with Crippen LogP contribution < -0.4 is 15.5 Å². The van der Waals surface area contributed by atoms with E-state index in [4.69, 9.17) is 9.26 Å². The first-order valence-corrected chi connectivity index (χ1v) is 10.1. The van der Waals surface area contributed by atoms with Crippen molar-refractivity contribution in [3.05, 3.63) is 53.8 Å². The van der Waals surface area contributed by atoms with E-state index in [-0.39, 0.29) is 11.7 Å². The molecule has 9 nitrogen and oxygen atoms in total. The van der Waals surface area contributed by atoms with Gasteiger partial charge in [-0.3, -0.25) is 10.1 Å². The number of morpholine rings is 1. The van der Waals surface area contributed by atoms with Gasteiger partial charge in [0.2, 0.25) is 5.82 Å². The number of urea groups is 1. The molecule has 1 aromatic heterocycles. The average molecular weight is 437 g/mol. The van der Waals surface area contributed by atoms with Crippen molar-refractivity contribution in [3.8, 4) is 22.8 Å². The molecule has 0 bridgehead atoms. The van der Waals surface area contributed by atoms with E-state index in [9.17, 15) is 14.0 Å². The number of anilines is 1. The second-order valence-corrected chi connectivity index (χ2v) is 7.80. The van der Waals surface area contributed by atoms with E-state index in [1.807, 2.05) is 0 Å². The molecule has 2 fully saturated rings. The van der Waals surface area contributed by atoms with Gasteiger partial charge in [0.1, 0.15) is 11.4 Å². The molecule has 0 spiro atoms. The molecule has 0 aliphatic carbocycles. The van der Waals surface area contributed by atoms with E-state index in [2.05, 4.69) is 25.7 Å². The fraction of sp³-hybridized carbons (Fsp3) is 0.273. The van der Waals surface area contributed by atoms with Crippen LogP contribution in [0.25, 0.3) is 22.8 Å². The number of nitrogens with zero attached hydrogens (tertiary/aromatic N) is 3. The van der Waals surface area contributed by atoms with Gasteiger partial charge in [0.15, 0.2) is 0 Å². The van der Waals surface area contributed by atoms with Gasteiger partial charge in [0.05, 0.1) is 18.8 Å². The molecule has 2 N–H and O–H groups in total. The topological polar surface area (TPSA) is 110 Å². The molecule has 32 heavy (non-hydrogen) atoms. The molecule has 3 heterocycles. The number of carbonyl (C=O) groups is 2. The number of ether oxygens (including phenoxy) is 1. The van der Waals surface area contributed by atoms with Gasteiger partial charge in [-0.05, 0) is 36.8 Å². The molecule has 2 aromatic carbocycles. The zero-order valence-electron chi connectivity index (χ0n) is 17.2. The number of amides is 3. The molecule has 2 saturated heterocycles. The van der Waals surface area contributed by atoms with Gasteiger partial charge in [-0.15, -0.1) is 0 Å². The van der Waals surface area contributed by atoms with Crippen LogP contribution >= 0.6 is 0 Å². The van der Waals surface area contributed by atoms with E-state index in [0.717, 1.165) is 5.69 Å². The molecule has 5 rings (SSSR count). The third-order valence-electron chi connectivity index (χ3n) is 5.71. The van der Waals surface area contributed by atoms with Gasteiger partial charge in [-0.1, -0.05) is 23.4 Å². The molecule has 2 aliphatic rings. The van der Waals surface area contributed by atoms with Crippen molar-refractivity contribution in [2.24, 2.45) is 0 Å². The summed E-state index contributed by atoms with van der Waals surface area (Å²) in [6, 6.07) is 10.9. The largest absolute Gasteiger partial charge is 0.378 e. The summed E-state index contributed by atoms with van der Waals surface area (Å²) in [6.07, 6.45) is 0. The van der Waals surface area contributed by atoms with Gasteiger partial charge in [-0.25, -0.2) is 9.18 Å². The van der Waals surface area contributed by atoms with Crippen LogP contribution in [0.3, 0.4) is 0 Å². The van der Waals surface area contributed by atoms with Crippen LogP contribution in [-0.2, 0) is 15.1 Å². The van der Waals surface area contributed by atoms with Gasteiger partial charge in [-0.2, -0.15) is 4.98 Å². The van der Waals surface area contributed by atoms with Gasteiger partial charge < -0.3 is 19.5 Å². The summed E-state index contributed by atoms with van der Waals surface area (Å²) >= 11 is 0. The lowest BCUT2D eigenvalue weighted by molar-refractivity contribution is -0.123. The second kappa shape index (κ2) is 7.72. The SMILES string of the molecule is CC1(c2cccc(-c3noc(-c4cc(F)ccc4N4CCOCC4)n3)c2)NC(=O)NC1=O. The maximum absolute atomic E-state index is 14.1. The third-order valence-corrected chi connectivity index (χ3v) is 5.71. The van der Waals surface area contributed by atoms with Crippen LogP contribution in [0.5, 0.6) is 0 Å². The molecule has 164 valence electrons. The van der Waals surface area contributed by atoms with Crippen molar-refractivity contribution in [1.29, 1.82) is 0 Å². The lowest BCUT2D eigenvalue weighted by Gasteiger charge is -2.30. The monoisotopic (exact) mass is 437 g/mol. The Hall–Kier alpha value is -3.79. The lowest BCUT2D eigenvalue weighted by atomic mass is 9.91. The third kappa shape index (κ3) is 3.48. The summed E-state index contributed by atoms with van der Waals surface area (Å²) in [5.74, 6) is -0.380. The zero-order chi connectivity index (χ0) is 22.3. The Labute approximate surface area is 182 Å². The predicted octanol–water partition coefficient (Wildman–Crippen LogP) is 2.43. The highest BCUT2D eigenvalue weighted by Crippen LogP contribution is 2.33. The first-order chi connectivity index (χ1) is 15.4. The fourth-order valence-corrected chi connectivity index (χ4v) is 3.93. The number of rotatable bonds is 4. The Bertz CT molecular complexity index is 1210. The minimum atomic E-state index is -1.20.